The molecule has 2 heterocycles. The number of thiophene rings is 1. The van der Waals surface area contributed by atoms with Gasteiger partial charge in [-0.25, -0.2) is 0 Å². The normalized spacial score (nSPS) is 11.1. The van der Waals surface area contributed by atoms with Crippen LogP contribution in [-0.2, 0) is 13.1 Å². The average molecular weight is 394 g/mol. The van der Waals surface area contributed by atoms with Crippen LogP contribution in [0.5, 0.6) is 5.75 Å². The minimum atomic E-state index is 0.575. The Morgan fingerprint density at radius 2 is 2.13 bits per heavy atom. The number of benzene rings is 1. The first-order chi connectivity index (χ1) is 11.1. The molecule has 0 bridgehead atoms. The van der Waals surface area contributed by atoms with Crippen LogP contribution in [0.1, 0.15) is 10.8 Å². The van der Waals surface area contributed by atoms with Gasteiger partial charge in [0, 0.05) is 17.0 Å². The zero-order valence-corrected chi connectivity index (χ0v) is 15.2. The van der Waals surface area contributed by atoms with E-state index < -0.39 is 0 Å². The number of hydrogen-bond donors (Lipinski definition) is 0. The molecular weight excluding hydrogens is 378 g/mol. The van der Waals surface area contributed by atoms with Crippen LogP contribution in [0.25, 0.3) is 11.4 Å². The van der Waals surface area contributed by atoms with Gasteiger partial charge in [-0.2, -0.15) is 4.98 Å². The second-order valence-corrected chi connectivity index (χ2v) is 7.67. The van der Waals surface area contributed by atoms with Crippen LogP contribution in [-0.4, -0.2) is 29.2 Å². The number of rotatable bonds is 6. The molecule has 1 aromatic carbocycles. The molecule has 3 aromatic rings. The third kappa shape index (κ3) is 4.19. The van der Waals surface area contributed by atoms with Gasteiger partial charge in [-0.3, -0.25) is 4.90 Å². The molecule has 7 heteroatoms. The smallest absolute Gasteiger partial charge is 0.241 e. The third-order valence-corrected chi connectivity index (χ3v) is 4.86. The Morgan fingerprint density at radius 1 is 1.26 bits per heavy atom. The molecule has 0 atom stereocenters. The van der Waals surface area contributed by atoms with Crippen molar-refractivity contribution in [2.45, 2.75) is 13.1 Å². The van der Waals surface area contributed by atoms with E-state index in [9.17, 15) is 0 Å². The van der Waals surface area contributed by atoms with E-state index in [2.05, 4.69) is 43.1 Å². The standard InChI is InChI=1S/C16H16BrN3O2S/c1-20(9-13-6-7-14(17)23-13)10-15-18-16(19-22-15)11-4-3-5-12(8-11)21-2/h3-8H,9-10H2,1-2H3. The Labute approximate surface area is 147 Å². The lowest BCUT2D eigenvalue weighted by Crippen LogP contribution is -2.16. The van der Waals surface area contributed by atoms with Crippen LogP contribution < -0.4 is 4.74 Å². The molecule has 5 nitrogen and oxygen atoms in total. The quantitative estimate of drug-likeness (QED) is 0.627. The second-order valence-electron chi connectivity index (χ2n) is 5.12. The van der Waals surface area contributed by atoms with E-state index in [-0.39, 0.29) is 0 Å². The van der Waals surface area contributed by atoms with E-state index >= 15 is 0 Å². The predicted molar refractivity (Wildman–Crippen MR) is 93.5 cm³/mol. The van der Waals surface area contributed by atoms with Crippen molar-refractivity contribution in [3.63, 3.8) is 0 Å². The van der Waals surface area contributed by atoms with Crippen LogP contribution >= 0.6 is 27.3 Å². The van der Waals surface area contributed by atoms with E-state index in [4.69, 9.17) is 9.26 Å². The molecule has 0 aliphatic rings. The van der Waals surface area contributed by atoms with Crippen LogP contribution in [0.15, 0.2) is 44.7 Å². The summed E-state index contributed by atoms with van der Waals surface area (Å²) >= 11 is 5.21. The fourth-order valence-corrected chi connectivity index (χ4v) is 3.75. The summed E-state index contributed by atoms with van der Waals surface area (Å²) in [6.45, 7) is 1.44. The van der Waals surface area contributed by atoms with Crippen molar-refractivity contribution in [3.8, 4) is 17.1 Å². The Morgan fingerprint density at radius 3 is 2.87 bits per heavy atom. The lowest BCUT2D eigenvalue weighted by Gasteiger charge is -2.12. The monoisotopic (exact) mass is 393 g/mol. The van der Waals surface area contributed by atoms with Crippen LogP contribution in [0, 0.1) is 0 Å². The summed E-state index contributed by atoms with van der Waals surface area (Å²) in [5, 5.41) is 4.05. The van der Waals surface area contributed by atoms with Gasteiger partial charge in [-0.05, 0) is 47.2 Å². The van der Waals surface area contributed by atoms with Gasteiger partial charge in [-0.15, -0.1) is 11.3 Å². The first-order valence-corrected chi connectivity index (χ1v) is 8.65. The average Bonchev–Trinajstić information content (AvgIpc) is 3.16. The maximum Gasteiger partial charge on any atom is 0.241 e. The van der Waals surface area contributed by atoms with Crippen molar-refractivity contribution < 1.29 is 9.26 Å². The van der Waals surface area contributed by atoms with Crippen LogP contribution in [0.3, 0.4) is 0 Å². The van der Waals surface area contributed by atoms with Gasteiger partial charge in [0.1, 0.15) is 5.75 Å². The molecule has 3 rings (SSSR count). The van der Waals surface area contributed by atoms with Gasteiger partial charge in [0.05, 0.1) is 17.4 Å². The summed E-state index contributed by atoms with van der Waals surface area (Å²) in [6.07, 6.45) is 0. The summed E-state index contributed by atoms with van der Waals surface area (Å²) in [4.78, 5) is 7.89. The van der Waals surface area contributed by atoms with Gasteiger partial charge in [0.2, 0.25) is 11.7 Å². The van der Waals surface area contributed by atoms with Crippen molar-refractivity contribution in [1.29, 1.82) is 0 Å². The number of hydrogen-bond acceptors (Lipinski definition) is 6. The number of nitrogens with zero attached hydrogens (tertiary/aromatic N) is 3. The Hall–Kier alpha value is -1.70. The molecule has 23 heavy (non-hydrogen) atoms. The highest BCUT2D eigenvalue weighted by atomic mass is 79.9. The molecule has 2 aromatic heterocycles. The zero-order chi connectivity index (χ0) is 16.2. The van der Waals surface area contributed by atoms with E-state index in [0.717, 1.165) is 21.6 Å². The SMILES string of the molecule is COc1cccc(-c2noc(CN(C)Cc3ccc(Br)s3)n2)c1. The fourth-order valence-electron chi connectivity index (χ4n) is 2.19. The summed E-state index contributed by atoms with van der Waals surface area (Å²) in [5.74, 6) is 1.95. The van der Waals surface area contributed by atoms with E-state index in [0.29, 0.717) is 18.3 Å². The largest absolute Gasteiger partial charge is 0.497 e. The van der Waals surface area contributed by atoms with Gasteiger partial charge in [0.15, 0.2) is 0 Å². The molecule has 0 saturated heterocycles. The molecule has 0 fully saturated rings. The highest BCUT2D eigenvalue weighted by Crippen LogP contribution is 2.24. The number of halogens is 1. The summed E-state index contributed by atoms with van der Waals surface area (Å²) in [6, 6.07) is 11.8. The Bertz CT molecular complexity index is 787. The molecule has 0 aliphatic carbocycles. The van der Waals surface area contributed by atoms with E-state index in [1.54, 1.807) is 18.4 Å². The summed E-state index contributed by atoms with van der Waals surface area (Å²) in [7, 11) is 3.67. The molecule has 0 aliphatic heterocycles. The fraction of sp³-hybridized carbons (Fsp3) is 0.250. The van der Waals surface area contributed by atoms with Crippen molar-refractivity contribution in [1.82, 2.24) is 15.0 Å². The summed E-state index contributed by atoms with van der Waals surface area (Å²) < 4.78 is 11.7. The Kier molecular flexibility index (Phi) is 5.09. The molecule has 120 valence electrons. The molecule has 0 N–H and O–H groups in total. The Balaban J connectivity index is 1.66. The van der Waals surface area contributed by atoms with Gasteiger partial charge in [-0.1, -0.05) is 17.3 Å². The second kappa shape index (κ2) is 7.25. The lowest BCUT2D eigenvalue weighted by molar-refractivity contribution is 0.262. The predicted octanol–water partition coefficient (Wildman–Crippen LogP) is 4.20. The maximum atomic E-state index is 5.36. The minimum Gasteiger partial charge on any atom is -0.497 e. The number of methoxy groups -OCH3 is 1. The number of aromatic nitrogens is 2. The highest BCUT2D eigenvalue weighted by molar-refractivity contribution is 9.11. The molecule has 0 amide bonds. The lowest BCUT2D eigenvalue weighted by atomic mass is 10.2. The highest BCUT2D eigenvalue weighted by Gasteiger charge is 2.12. The van der Waals surface area contributed by atoms with Crippen molar-refractivity contribution in [2.75, 3.05) is 14.2 Å². The number of ether oxygens (including phenoxy) is 1. The van der Waals surface area contributed by atoms with Crippen molar-refractivity contribution in [2.24, 2.45) is 0 Å². The first-order valence-electron chi connectivity index (χ1n) is 7.04. The van der Waals surface area contributed by atoms with Crippen molar-refractivity contribution >= 4 is 27.3 Å². The maximum absolute atomic E-state index is 5.36. The zero-order valence-electron chi connectivity index (χ0n) is 12.8. The molecular formula is C16H16BrN3O2S. The molecule has 0 spiro atoms. The van der Waals surface area contributed by atoms with Crippen LogP contribution in [0.2, 0.25) is 0 Å². The molecule has 0 saturated carbocycles. The van der Waals surface area contributed by atoms with E-state index in [1.807, 2.05) is 31.3 Å². The third-order valence-electron chi connectivity index (χ3n) is 3.26. The molecule has 0 unspecified atom stereocenters. The summed E-state index contributed by atoms with van der Waals surface area (Å²) in [5.41, 5.74) is 0.879. The van der Waals surface area contributed by atoms with Crippen molar-refractivity contribution in [3.05, 3.63) is 51.0 Å². The first kappa shape index (κ1) is 16.2. The van der Waals surface area contributed by atoms with E-state index in [1.165, 1.54) is 4.88 Å². The van der Waals surface area contributed by atoms with Crippen LogP contribution in [0.4, 0.5) is 0 Å². The topological polar surface area (TPSA) is 51.4 Å². The molecule has 0 radical (unpaired) electrons. The minimum absolute atomic E-state index is 0.575. The van der Waals surface area contributed by atoms with Gasteiger partial charge in [0.25, 0.3) is 0 Å². The van der Waals surface area contributed by atoms with Gasteiger partial charge < -0.3 is 9.26 Å². The van der Waals surface area contributed by atoms with Gasteiger partial charge >= 0.3 is 0 Å².